The van der Waals surface area contributed by atoms with Gasteiger partial charge in [0.05, 0.1) is 11.3 Å². The first-order valence-corrected chi connectivity index (χ1v) is 7.26. The Labute approximate surface area is 135 Å². The number of piperidine rings is 1. The highest BCUT2D eigenvalue weighted by atomic mass is 35.5. The molecule has 0 unspecified atom stereocenters. The summed E-state index contributed by atoms with van der Waals surface area (Å²) in [6.07, 6.45) is 7.29. The lowest BCUT2D eigenvalue weighted by atomic mass is 10.1. The van der Waals surface area contributed by atoms with Crippen LogP contribution in [0.3, 0.4) is 0 Å². The number of nitrogens with two attached hydrogens (primary N) is 1. The van der Waals surface area contributed by atoms with Crippen LogP contribution in [0, 0.1) is 0 Å². The van der Waals surface area contributed by atoms with Crippen molar-refractivity contribution in [1.29, 1.82) is 0 Å². The summed E-state index contributed by atoms with van der Waals surface area (Å²) in [5.41, 5.74) is 6.74. The molecule has 0 aliphatic carbocycles. The van der Waals surface area contributed by atoms with Gasteiger partial charge in [-0.3, -0.25) is 9.69 Å². The van der Waals surface area contributed by atoms with Crippen molar-refractivity contribution in [2.24, 2.45) is 5.73 Å². The van der Waals surface area contributed by atoms with Crippen LogP contribution in [-0.2, 0) is 6.54 Å². The predicted octanol–water partition coefficient (Wildman–Crippen LogP) is 1.77. The summed E-state index contributed by atoms with van der Waals surface area (Å²) >= 11 is 0. The molecule has 7 heteroatoms. The second kappa shape index (κ2) is 7.38. The smallest absolute Gasteiger partial charge is 0.252 e. The minimum absolute atomic E-state index is 0. The van der Waals surface area contributed by atoms with Gasteiger partial charge in [0.1, 0.15) is 0 Å². The van der Waals surface area contributed by atoms with E-state index in [0.717, 1.165) is 25.3 Å². The quantitative estimate of drug-likeness (QED) is 0.931. The first kappa shape index (κ1) is 16.5. The predicted molar refractivity (Wildman–Crippen MR) is 86.3 cm³/mol. The molecule has 0 atom stereocenters. The molecule has 0 radical (unpaired) electrons. The van der Waals surface area contributed by atoms with Gasteiger partial charge in [0.25, 0.3) is 5.91 Å². The van der Waals surface area contributed by atoms with Crippen molar-refractivity contribution >= 4 is 18.3 Å². The maximum Gasteiger partial charge on any atom is 0.252 e. The molecule has 2 aromatic heterocycles. The number of likely N-dealkylation sites (tertiary alicyclic amines) is 1. The molecule has 3 heterocycles. The molecule has 1 fully saturated rings. The second-order valence-electron chi connectivity index (χ2n) is 5.33. The van der Waals surface area contributed by atoms with Crippen molar-refractivity contribution in [1.82, 2.24) is 19.7 Å². The summed E-state index contributed by atoms with van der Waals surface area (Å²) in [6, 6.07) is 5.33. The largest absolute Gasteiger partial charge is 0.365 e. The third kappa shape index (κ3) is 3.64. The van der Waals surface area contributed by atoms with Gasteiger partial charge < -0.3 is 5.73 Å². The Morgan fingerprint density at radius 1 is 1.23 bits per heavy atom. The van der Waals surface area contributed by atoms with Gasteiger partial charge in [0, 0.05) is 18.9 Å². The monoisotopic (exact) mass is 321 g/mol. The van der Waals surface area contributed by atoms with Crippen LogP contribution in [0.5, 0.6) is 0 Å². The molecule has 1 aliphatic heterocycles. The second-order valence-corrected chi connectivity index (χ2v) is 5.33. The van der Waals surface area contributed by atoms with Gasteiger partial charge in [-0.05, 0) is 44.1 Å². The van der Waals surface area contributed by atoms with E-state index in [2.05, 4.69) is 15.0 Å². The third-order valence-electron chi connectivity index (χ3n) is 3.75. The van der Waals surface area contributed by atoms with Crippen molar-refractivity contribution in [2.75, 3.05) is 13.1 Å². The summed E-state index contributed by atoms with van der Waals surface area (Å²) < 4.78 is 1.62. The van der Waals surface area contributed by atoms with Gasteiger partial charge in [-0.15, -0.1) is 12.4 Å². The van der Waals surface area contributed by atoms with E-state index in [1.165, 1.54) is 19.3 Å². The van der Waals surface area contributed by atoms with Gasteiger partial charge >= 0.3 is 0 Å². The average Bonchev–Trinajstić information content (AvgIpc) is 2.96. The minimum atomic E-state index is -0.494. The van der Waals surface area contributed by atoms with Crippen molar-refractivity contribution in [3.8, 4) is 5.82 Å². The molecule has 0 bridgehead atoms. The van der Waals surface area contributed by atoms with Crippen LogP contribution in [0.1, 0.15) is 35.3 Å². The maximum absolute atomic E-state index is 11.5. The highest BCUT2D eigenvalue weighted by Gasteiger charge is 2.14. The fourth-order valence-corrected chi connectivity index (χ4v) is 2.68. The first-order chi connectivity index (χ1) is 10.2. The number of pyridine rings is 1. The molecule has 2 N–H and O–H groups in total. The van der Waals surface area contributed by atoms with Gasteiger partial charge in [0.15, 0.2) is 5.82 Å². The Kier molecular flexibility index (Phi) is 5.51. The standard InChI is InChI=1S/C15H19N5O.ClH/c16-14(21)13-5-4-7-17-15(13)20-10-6-12(18-20)11-19-8-2-1-3-9-19;/h4-7,10H,1-3,8-9,11H2,(H2,16,21);1H. The summed E-state index contributed by atoms with van der Waals surface area (Å²) in [7, 11) is 0. The van der Waals surface area contributed by atoms with E-state index >= 15 is 0 Å². The first-order valence-electron chi connectivity index (χ1n) is 7.26. The number of rotatable bonds is 4. The van der Waals surface area contributed by atoms with Crippen LogP contribution >= 0.6 is 12.4 Å². The van der Waals surface area contributed by atoms with Crippen LogP contribution in [0.2, 0.25) is 0 Å². The fraction of sp³-hybridized carbons (Fsp3) is 0.400. The Morgan fingerprint density at radius 3 is 2.73 bits per heavy atom. The number of nitrogens with zero attached hydrogens (tertiary/aromatic N) is 4. The Bertz CT molecular complexity index is 636. The van der Waals surface area contributed by atoms with Gasteiger partial charge in [-0.2, -0.15) is 5.10 Å². The molecular weight excluding hydrogens is 302 g/mol. The van der Waals surface area contributed by atoms with Crippen LogP contribution in [0.25, 0.3) is 5.82 Å². The molecule has 1 amide bonds. The Hall–Kier alpha value is -1.92. The molecule has 3 rings (SSSR count). The SMILES string of the molecule is Cl.NC(=O)c1cccnc1-n1ccc(CN2CCCCC2)n1. The summed E-state index contributed by atoms with van der Waals surface area (Å²) in [5, 5.41) is 4.52. The number of carbonyl (C=O) groups excluding carboxylic acids is 1. The number of aromatic nitrogens is 3. The van der Waals surface area contributed by atoms with Crippen molar-refractivity contribution < 1.29 is 4.79 Å². The van der Waals surface area contributed by atoms with Crippen LogP contribution in [0.4, 0.5) is 0 Å². The van der Waals surface area contributed by atoms with E-state index in [1.807, 2.05) is 12.3 Å². The van der Waals surface area contributed by atoms with E-state index in [0.29, 0.717) is 11.4 Å². The van der Waals surface area contributed by atoms with Crippen LogP contribution in [0.15, 0.2) is 30.6 Å². The Morgan fingerprint density at radius 2 is 2.00 bits per heavy atom. The van der Waals surface area contributed by atoms with Crippen molar-refractivity contribution in [2.45, 2.75) is 25.8 Å². The zero-order chi connectivity index (χ0) is 14.7. The molecule has 0 aromatic carbocycles. The van der Waals surface area contributed by atoms with E-state index in [-0.39, 0.29) is 12.4 Å². The molecule has 1 aliphatic rings. The van der Waals surface area contributed by atoms with E-state index in [9.17, 15) is 4.79 Å². The number of carbonyl (C=O) groups is 1. The third-order valence-corrected chi connectivity index (χ3v) is 3.75. The maximum atomic E-state index is 11.5. The zero-order valence-corrected chi connectivity index (χ0v) is 13.1. The normalized spacial score (nSPS) is 15.3. The van der Waals surface area contributed by atoms with Crippen molar-refractivity contribution in [3.63, 3.8) is 0 Å². The lowest BCUT2D eigenvalue weighted by Gasteiger charge is -2.25. The van der Waals surface area contributed by atoms with Crippen LogP contribution < -0.4 is 5.73 Å². The summed E-state index contributed by atoms with van der Waals surface area (Å²) in [5.74, 6) is -0.0129. The minimum Gasteiger partial charge on any atom is -0.365 e. The molecule has 118 valence electrons. The molecule has 0 spiro atoms. The summed E-state index contributed by atoms with van der Waals surface area (Å²) in [6.45, 7) is 3.09. The lowest BCUT2D eigenvalue weighted by Crippen LogP contribution is -2.29. The number of hydrogen-bond acceptors (Lipinski definition) is 4. The lowest BCUT2D eigenvalue weighted by molar-refractivity contribution is 0.1000. The van der Waals surface area contributed by atoms with Gasteiger partial charge in [0.2, 0.25) is 0 Å². The van der Waals surface area contributed by atoms with Gasteiger partial charge in [-0.1, -0.05) is 6.42 Å². The van der Waals surface area contributed by atoms with Gasteiger partial charge in [-0.25, -0.2) is 9.67 Å². The molecular formula is C15H20ClN5O. The average molecular weight is 322 g/mol. The Balaban J connectivity index is 0.00000176. The topological polar surface area (TPSA) is 77.0 Å². The van der Waals surface area contributed by atoms with E-state index in [4.69, 9.17) is 5.73 Å². The number of amides is 1. The fourth-order valence-electron chi connectivity index (χ4n) is 2.68. The van der Waals surface area contributed by atoms with Crippen molar-refractivity contribution in [3.05, 3.63) is 41.9 Å². The molecule has 1 saturated heterocycles. The molecule has 0 saturated carbocycles. The summed E-state index contributed by atoms with van der Waals surface area (Å²) in [4.78, 5) is 18.1. The van der Waals surface area contributed by atoms with E-state index < -0.39 is 5.91 Å². The number of hydrogen-bond donors (Lipinski definition) is 1. The van der Waals surface area contributed by atoms with Crippen LogP contribution in [-0.4, -0.2) is 38.7 Å². The van der Waals surface area contributed by atoms with E-state index in [1.54, 1.807) is 23.0 Å². The molecule has 6 nitrogen and oxygen atoms in total. The highest BCUT2D eigenvalue weighted by Crippen LogP contribution is 2.14. The number of primary amides is 1. The zero-order valence-electron chi connectivity index (χ0n) is 12.3. The molecule has 22 heavy (non-hydrogen) atoms. The number of halogens is 1. The molecule has 2 aromatic rings. The highest BCUT2D eigenvalue weighted by molar-refractivity contribution is 5.95.